The number of phenols is 2. The molecule has 4 aliphatic rings. The molecule has 0 saturated carbocycles. The summed E-state index contributed by atoms with van der Waals surface area (Å²) in [5.41, 5.74) is 16.0. The molecule has 2 bridgehead atoms. The second-order valence-electron chi connectivity index (χ2n) is 15.1. The molecule has 7 rings (SSSR count). The molecule has 2 aromatic carbocycles. The average Bonchev–Trinajstić information content (AvgIpc) is 3.17. The monoisotopic (exact) mass is 765 g/mol. The summed E-state index contributed by atoms with van der Waals surface area (Å²) in [5.74, 6) is -0.782. The van der Waals surface area contributed by atoms with E-state index in [0.717, 1.165) is 22.3 Å². The molecular formula is C43H51N5O8. The molecule has 0 saturated heterocycles. The van der Waals surface area contributed by atoms with Crippen LogP contribution in [-0.4, -0.2) is 58.8 Å². The molecule has 4 aliphatic heterocycles. The fourth-order valence-electron chi connectivity index (χ4n) is 8.55. The largest absolute Gasteiger partial charge is 0.508 e. The Balaban J connectivity index is 1.52. The van der Waals surface area contributed by atoms with Crippen molar-refractivity contribution < 1.29 is 34.0 Å². The highest BCUT2D eigenvalue weighted by Gasteiger charge is 2.52. The summed E-state index contributed by atoms with van der Waals surface area (Å²) in [6.07, 6.45) is 10.3. The maximum Gasteiger partial charge on any atom is 0.335 e. The Morgan fingerprint density at radius 3 is 2.75 bits per heavy atom. The van der Waals surface area contributed by atoms with Gasteiger partial charge in [-0.05, 0) is 86.6 Å². The fraction of sp³-hybridized carbons (Fsp3) is 0.395. The van der Waals surface area contributed by atoms with Gasteiger partial charge in [-0.1, -0.05) is 37.3 Å². The predicted octanol–water partition coefficient (Wildman–Crippen LogP) is 4.01. The first kappa shape index (κ1) is 38.8. The summed E-state index contributed by atoms with van der Waals surface area (Å²) in [6, 6.07) is 8.13. The van der Waals surface area contributed by atoms with Crippen LogP contribution in [0.3, 0.4) is 0 Å². The first-order valence-electron chi connectivity index (χ1n) is 19.3. The third-order valence-corrected chi connectivity index (χ3v) is 11.6. The van der Waals surface area contributed by atoms with E-state index in [0.29, 0.717) is 73.6 Å². The van der Waals surface area contributed by atoms with Gasteiger partial charge in [-0.15, -0.1) is 0 Å². The van der Waals surface area contributed by atoms with Crippen molar-refractivity contribution in [3.8, 4) is 17.2 Å². The number of carbonyl (C=O) groups excluding carboxylic acids is 1. The number of aliphatic hydroxyl groups excluding tert-OH is 1. The Morgan fingerprint density at radius 2 is 2.04 bits per heavy atom. The quantitative estimate of drug-likeness (QED) is 0.108. The van der Waals surface area contributed by atoms with Crippen molar-refractivity contribution in [2.75, 3.05) is 19.6 Å². The Hall–Kier alpha value is -5.50. The number of likely N-dealkylation sites (N-methyl/N-ethyl adjacent to an activating group) is 1. The average molecular weight is 766 g/mol. The number of rotatable bonds is 10. The number of nitrogens with one attached hydrogen (secondary N) is 3. The number of nitrogens with two attached hydrogens (primary N) is 2. The Labute approximate surface area is 325 Å². The van der Waals surface area contributed by atoms with Gasteiger partial charge in [0.1, 0.15) is 52.3 Å². The van der Waals surface area contributed by atoms with Gasteiger partial charge in [0.2, 0.25) is 0 Å². The van der Waals surface area contributed by atoms with E-state index in [1.807, 2.05) is 38.3 Å². The molecule has 10 N–H and O–H groups in total. The molecule has 13 nitrogen and oxygen atoms in total. The van der Waals surface area contributed by atoms with Crippen LogP contribution in [0.25, 0.3) is 11.0 Å². The maximum atomic E-state index is 14.0. The summed E-state index contributed by atoms with van der Waals surface area (Å²) in [4.78, 5) is 27.9. The Morgan fingerprint density at radius 1 is 1.21 bits per heavy atom. The number of ether oxygens (including phenoxy) is 2. The van der Waals surface area contributed by atoms with E-state index in [-0.39, 0.29) is 46.7 Å². The van der Waals surface area contributed by atoms with Gasteiger partial charge in [0.25, 0.3) is 0 Å². The molecule has 13 heteroatoms. The fourth-order valence-corrected chi connectivity index (χ4v) is 8.55. The van der Waals surface area contributed by atoms with Gasteiger partial charge in [0.05, 0.1) is 12.0 Å². The minimum Gasteiger partial charge on any atom is -0.508 e. The van der Waals surface area contributed by atoms with Crippen LogP contribution in [0.1, 0.15) is 68.4 Å². The number of aromatic hydroxyl groups is 2. The van der Waals surface area contributed by atoms with Gasteiger partial charge in [0, 0.05) is 60.3 Å². The normalized spacial score (nSPS) is 24.6. The molecule has 296 valence electrons. The molecule has 5 heterocycles. The Bertz CT molecular complexity index is 2250. The van der Waals surface area contributed by atoms with Crippen LogP contribution in [0.2, 0.25) is 0 Å². The van der Waals surface area contributed by atoms with Gasteiger partial charge < -0.3 is 56.6 Å². The van der Waals surface area contributed by atoms with Crippen LogP contribution in [0.5, 0.6) is 17.2 Å². The number of benzene rings is 2. The van der Waals surface area contributed by atoms with E-state index < -0.39 is 35.6 Å². The lowest BCUT2D eigenvalue weighted by Crippen LogP contribution is -2.57. The molecule has 1 aromatic heterocycles. The van der Waals surface area contributed by atoms with Crippen LogP contribution in [0.4, 0.5) is 0 Å². The van der Waals surface area contributed by atoms with Crippen molar-refractivity contribution in [3.05, 3.63) is 122 Å². The highest BCUT2D eigenvalue weighted by Crippen LogP contribution is 2.55. The minimum absolute atomic E-state index is 0.0189. The highest BCUT2D eigenvalue weighted by atomic mass is 16.6. The topological polar surface area (TPSA) is 215 Å². The number of fused-ring (bicyclic) bond motifs is 4. The molecule has 5 atom stereocenters. The summed E-state index contributed by atoms with van der Waals surface area (Å²) in [6.45, 7) is 6.53. The van der Waals surface area contributed by atoms with Crippen molar-refractivity contribution in [2.45, 2.75) is 83.3 Å². The van der Waals surface area contributed by atoms with E-state index >= 15 is 0 Å². The van der Waals surface area contributed by atoms with E-state index in [1.54, 1.807) is 31.2 Å². The van der Waals surface area contributed by atoms with Crippen LogP contribution >= 0.6 is 0 Å². The summed E-state index contributed by atoms with van der Waals surface area (Å²) >= 11 is 0. The lowest BCUT2D eigenvalue weighted by Gasteiger charge is -2.48. The van der Waals surface area contributed by atoms with E-state index in [9.17, 15) is 24.9 Å². The van der Waals surface area contributed by atoms with Crippen LogP contribution in [0.15, 0.2) is 98.2 Å². The number of hydrogen-bond acceptors (Lipinski definition) is 13. The smallest absolute Gasteiger partial charge is 0.335 e. The van der Waals surface area contributed by atoms with Gasteiger partial charge in [0.15, 0.2) is 5.43 Å². The van der Waals surface area contributed by atoms with Crippen molar-refractivity contribution in [1.29, 1.82) is 0 Å². The van der Waals surface area contributed by atoms with E-state index in [2.05, 4.69) is 22.0 Å². The Kier molecular flexibility index (Phi) is 11.0. The van der Waals surface area contributed by atoms with Crippen LogP contribution in [0, 0.1) is 5.92 Å². The SMILES string of the molecule is CC=C(CNCC)C(=O)OC1Cc2c3c(c4oc(CO)cc(=O)c4c2O)C(Cc2cccc(O)c2)C2=CCNC(N)=C2CCC(CC2=CNC(N)C=C2)C1(C)O3. The van der Waals surface area contributed by atoms with Gasteiger partial charge in [-0.3, -0.25) is 4.79 Å². The van der Waals surface area contributed by atoms with E-state index in [4.69, 9.17) is 25.4 Å². The third-order valence-electron chi connectivity index (χ3n) is 11.6. The number of aliphatic hydroxyl groups is 1. The molecule has 0 aliphatic carbocycles. The second kappa shape index (κ2) is 15.9. The molecule has 0 radical (unpaired) electrons. The van der Waals surface area contributed by atoms with E-state index in [1.165, 1.54) is 6.07 Å². The number of carbonyl (C=O) groups is 1. The van der Waals surface area contributed by atoms with Crippen molar-refractivity contribution in [3.63, 3.8) is 0 Å². The van der Waals surface area contributed by atoms with Crippen molar-refractivity contribution >= 4 is 16.9 Å². The molecule has 5 unspecified atom stereocenters. The second-order valence-corrected chi connectivity index (χ2v) is 15.1. The molecule has 0 fully saturated rings. The molecule has 3 aromatic rings. The lowest BCUT2D eigenvalue weighted by molar-refractivity contribution is -0.165. The first-order chi connectivity index (χ1) is 26.9. The molecular weight excluding hydrogens is 714 g/mol. The van der Waals surface area contributed by atoms with Gasteiger partial charge in [-0.25, -0.2) is 4.79 Å². The summed E-state index contributed by atoms with van der Waals surface area (Å²) < 4.78 is 20.1. The van der Waals surface area contributed by atoms with Gasteiger partial charge in [-0.2, -0.15) is 0 Å². The number of allylic oxidation sites excluding steroid dienone is 5. The zero-order chi connectivity index (χ0) is 39.7. The number of esters is 1. The highest BCUT2D eigenvalue weighted by molar-refractivity contribution is 5.92. The molecule has 56 heavy (non-hydrogen) atoms. The summed E-state index contributed by atoms with van der Waals surface area (Å²) in [7, 11) is 0. The summed E-state index contributed by atoms with van der Waals surface area (Å²) in [5, 5.41) is 42.5. The predicted molar refractivity (Wildman–Crippen MR) is 213 cm³/mol. The van der Waals surface area contributed by atoms with Gasteiger partial charge >= 0.3 is 5.97 Å². The number of hydrogen-bond donors (Lipinski definition) is 8. The number of dihydropyridines is 2. The minimum atomic E-state index is -1.20. The number of phenolic OH excluding ortho intramolecular Hbond substituents is 2. The zero-order valence-electron chi connectivity index (χ0n) is 32.0. The van der Waals surface area contributed by atoms with Crippen molar-refractivity contribution in [1.82, 2.24) is 16.0 Å². The lowest BCUT2D eigenvalue weighted by atomic mass is 9.70. The third kappa shape index (κ3) is 7.29. The van der Waals surface area contributed by atoms with Crippen molar-refractivity contribution in [2.24, 2.45) is 17.4 Å². The molecule has 0 spiro atoms. The van der Waals surface area contributed by atoms with Crippen LogP contribution < -0.4 is 37.6 Å². The maximum absolute atomic E-state index is 14.0. The first-order valence-corrected chi connectivity index (χ1v) is 19.3. The standard InChI is InChI=1S/C43H51N5O8/c1-4-25(21-46-5-2)42(53)55-34-19-32-38(52)37-33(51)18-28(22-49)54-40(37)36-31(17-23-7-6-8-27(50)16-23)29-13-14-47-41(45)30(29)11-10-26(43(34,3)56-39(32)36)15-24-9-12-35(44)48-20-24/h4,6-9,12-13,16,18,20,26,31,34-35,46-50,52H,5,10-11,14-15,17,19,21-22,44-45H2,1-3H3. The molecule has 0 amide bonds. The zero-order valence-corrected chi connectivity index (χ0v) is 32.0. The van der Waals surface area contributed by atoms with Crippen LogP contribution in [-0.2, 0) is 29.0 Å².